The minimum absolute atomic E-state index is 0.159. The first-order valence-corrected chi connectivity index (χ1v) is 2.72. The van der Waals surface area contributed by atoms with E-state index in [0.717, 1.165) is 0 Å². The Morgan fingerprint density at radius 3 is 2.71 bits per heavy atom. The maximum absolute atomic E-state index is 5.25. The van der Waals surface area contributed by atoms with Gasteiger partial charge in [0.2, 0.25) is 0 Å². The van der Waals surface area contributed by atoms with Crippen LogP contribution in [-0.4, -0.2) is 4.98 Å². The number of aromatic nitrogens is 1. The zero-order valence-electron chi connectivity index (χ0n) is 3.19. The Labute approximate surface area is 53.6 Å². The molecule has 0 radical (unpaired) electrons. The zero-order chi connectivity index (χ0) is 5.28. The average Bonchev–Trinajstić information content (AvgIpc) is 1.87. The van der Waals surface area contributed by atoms with E-state index >= 15 is 0 Å². The van der Waals surface area contributed by atoms with Gasteiger partial charge in [-0.1, -0.05) is 0 Å². The highest BCUT2D eigenvalue weighted by atomic mass is 79.9. The second-order valence-corrected chi connectivity index (χ2v) is 2.06. The lowest BCUT2D eigenvalue weighted by Crippen LogP contribution is -1.55. The van der Waals surface area contributed by atoms with E-state index in [9.17, 15) is 0 Å². The normalized spacial score (nSPS) is 9.43. The minimum atomic E-state index is 0.159. The molecule has 0 unspecified atom stereocenters. The molecule has 0 aliphatic carbocycles. The van der Waals surface area contributed by atoms with Crippen LogP contribution in [0.4, 0.5) is 0 Å². The molecule has 1 heterocycles. The second kappa shape index (κ2) is 1.84. The molecule has 38 valence electrons. The van der Waals surface area contributed by atoms with E-state index < -0.39 is 0 Å². The number of oxazole rings is 1. The third kappa shape index (κ3) is 1.17. The SMILES string of the molecule is Clc1nc(Br)co1. The van der Waals surface area contributed by atoms with Gasteiger partial charge in [-0.25, -0.2) is 0 Å². The van der Waals surface area contributed by atoms with Gasteiger partial charge in [0.15, 0.2) is 0 Å². The van der Waals surface area contributed by atoms with Crippen LogP contribution in [0, 0.1) is 0 Å². The molecule has 0 spiro atoms. The lowest BCUT2D eigenvalue weighted by Gasteiger charge is -1.64. The lowest BCUT2D eigenvalue weighted by atomic mass is 11.0. The van der Waals surface area contributed by atoms with Crippen molar-refractivity contribution >= 4 is 27.5 Å². The number of rotatable bonds is 0. The van der Waals surface area contributed by atoms with Crippen LogP contribution in [0.5, 0.6) is 0 Å². The van der Waals surface area contributed by atoms with E-state index in [-0.39, 0.29) is 5.35 Å². The van der Waals surface area contributed by atoms with Crippen LogP contribution < -0.4 is 0 Å². The lowest BCUT2D eigenvalue weighted by molar-refractivity contribution is 0.559. The largest absolute Gasteiger partial charge is 0.435 e. The molecule has 0 N–H and O–H groups in total. The maximum Gasteiger partial charge on any atom is 0.293 e. The van der Waals surface area contributed by atoms with Gasteiger partial charge in [0.05, 0.1) is 0 Å². The van der Waals surface area contributed by atoms with Gasteiger partial charge in [-0.15, -0.1) is 0 Å². The number of hydrogen-bond acceptors (Lipinski definition) is 2. The number of halogens is 2. The van der Waals surface area contributed by atoms with E-state index in [2.05, 4.69) is 25.3 Å². The van der Waals surface area contributed by atoms with E-state index in [4.69, 9.17) is 11.6 Å². The molecule has 4 heteroatoms. The second-order valence-electron chi connectivity index (χ2n) is 0.923. The fraction of sp³-hybridized carbons (Fsp3) is 0. The first-order valence-electron chi connectivity index (χ1n) is 1.55. The van der Waals surface area contributed by atoms with Gasteiger partial charge in [0, 0.05) is 0 Å². The Morgan fingerprint density at radius 2 is 2.57 bits per heavy atom. The molecule has 0 fully saturated rings. The van der Waals surface area contributed by atoms with Crippen LogP contribution in [0.25, 0.3) is 0 Å². The highest BCUT2D eigenvalue weighted by Crippen LogP contribution is 2.11. The Kier molecular flexibility index (Phi) is 1.35. The summed E-state index contributed by atoms with van der Waals surface area (Å²) in [6.07, 6.45) is 1.42. The molecular formula is C3HBrClNO. The highest BCUT2D eigenvalue weighted by Gasteiger charge is 1.92. The molecule has 1 aromatic heterocycles. The summed E-state index contributed by atoms with van der Waals surface area (Å²) in [5.41, 5.74) is 0. The molecule has 0 bridgehead atoms. The number of nitrogens with zero attached hydrogens (tertiary/aromatic N) is 1. The van der Waals surface area contributed by atoms with E-state index in [1.807, 2.05) is 0 Å². The molecular weight excluding hydrogens is 181 g/mol. The molecule has 1 rings (SSSR count). The summed E-state index contributed by atoms with van der Waals surface area (Å²) in [6.45, 7) is 0. The molecule has 0 saturated carbocycles. The third-order valence-corrected chi connectivity index (χ3v) is 0.986. The summed E-state index contributed by atoms with van der Waals surface area (Å²) >= 11 is 8.30. The van der Waals surface area contributed by atoms with Crippen LogP contribution in [0.15, 0.2) is 15.3 Å². The Hall–Kier alpha value is -0.0200. The predicted octanol–water partition coefficient (Wildman–Crippen LogP) is 2.09. The van der Waals surface area contributed by atoms with Crippen molar-refractivity contribution in [2.45, 2.75) is 0 Å². The molecule has 7 heavy (non-hydrogen) atoms. The maximum atomic E-state index is 5.25. The minimum Gasteiger partial charge on any atom is -0.435 e. The van der Waals surface area contributed by atoms with Gasteiger partial charge in [-0.05, 0) is 27.5 Å². The fourth-order valence-electron chi connectivity index (χ4n) is 0.234. The van der Waals surface area contributed by atoms with Crippen LogP contribution in [0.1, 0.15) is 0 Å². The number of hydrogen-bond donors (Lipinski definition) is 0. The van der Waals surface area contributed by atoms with Crippen LogP contribution in [0.3, 0.4) is 0 Å². The summed E-state index contributed by atoms with van der Waals surface area (Å²) in [4.78, 5) is 3.63. The van der Waals surface area contributed by atoms with Gasteiger partial charge in [0.25, 0.3) is 5.35 Å². The van der Waals surface area contributed by atoms with Crippen molar-refractivity contribution in [3.8, 4) is 0 Å². The van der Waals surface area contributed by atoms with Gasteiger partial charge < -0.3 is 4.42 Å². The molecule has 1 aromatic rings. The van der Waals surface area contributed by atoms with Crippen LogP contribution >= 0.6 is 27.5 Å². The molecule has 0 aromatic carbocycles. The fourth-order valence-corrected chi connectivity index (χ4v) is 0.726. The Bertz CT molecular complexity index is 147. The molecule has 2 nitrogen and oxygen atoms in total. The van der Waals surface area contributed by atoms with Crippen LogP contribution in [0.2, 0.25) is 5.35 Å². The van der Waals surface area contributed by atoms with Crippen molar-refractivity contribution in [2.24, 2.45) is 0 Å². The molecule has 0 amide bonds. The monoisotopic (exact) mass is 181 g/mol. The van der Waals surface area contributed by atoms with E-state index in [1.54, 1.807) is 0 Å². The first kappa shape index (κ1) is 5.12. The van der Waals surface area contributed by atoms with Crippen molar-refractivity contribution in [1.29, 1.82) is 0 Å². The van der Waals surface area contributed by atoms with Crippen molar-refractivity contribution in [2.75, 3.05) is 0 Å². The van der Waals surface area contributed by atoms with Crippen molar-refractivity contribution < 1.29 is 4.42 Å². The Balaban J connectivity index is 3.04. The standard InChI is InChI=1S/C3HBrClNO/c4-2-1-7-3(5)6-2/h1H. The van der Waals surface area contributed by atoms with Crippen molar-refractivity contribution in [1.82, 2.24) is 4.98 Å². The molecule has 0 aliphatic rings. The summed E-state index contributed by atoms with van der Waals surface area (Å²) in [5.74, 6) is 0. The van der Waals surface area contributed by atoms with Gasteiger partial charge in [-0.3, -0.25) is 0 Å². The smallest absolute Gasteiger partial charge is 0.293 e. The zero-order valence-corrected chi connectivity index (χ0v) is 5.53. The van der Waals surface area contributed by atoms with Crippen LogP contribution in [-0.2, 0) is 0 Å². The van der Waals surface area contributed by atoms with Gasteiger partial charge in [-0.2, -0.15) is 4.98 Å². The molecule has 0 saturated heterocycles. The summed E-state index contributed by atoms with van der Waals surface area (Å²) in [6, 6.07) is 0. The van der Waals surface area contributed by atoms with Crippen molar-refractivity contribution in [3.05, 3.63) is 16.2 Å². The molecule has 0 aliphatic heterocycles. The quantitative estimate of drug-likeness (QED) is 0.614. The predicted molar refractivity (Wildman–Crippen MR) is 29.2 cm³/mol. The Morgan fingerprint density at radius 1 is 1.86 bits per heavy atom. The van der Waals surface area contributed by atoms with E-state index in [0.29, 0.717) is 4.60 Å². The summed E-state index contributed by atoms with van der Waals surface area (Å²) in [5, 5.41) is 0.159. The van der Waals surface area contributed by atoms with E-state index in [1.165, 1.54) is 6.26 Å². The topological polar surface area (TPSA) is 26.0 Å². The van der Waals surface area contributed by atoms with Gasteiger partial charge in [0.1, 0.15) is 10.9 Å². The highest BCUT2D eigenvalue weighted by molar-refractivity contribution is 9.10. The third-order valence-electron chi connectivity index (χ3n) is 0.448. The van der Waals surface area contributed by atoms with Gasteiger partial charge >= 0.3 is 0 Å². The summed E-state index contributed by atoms with van der Waals surface area (Å²) < 4.78 is 5.19. The van der Waals surface area contributed by atoms with Crippen molar-refractivity contribution in [3.63, 3.8) is 0 Å². The summed E-state index contributed by atoms with van der Waals surface area (Å²) in [7, 11) is 0. The average molecular weight is 182 g/mol. The first-order chi connectivity index (χ1) is 3.29. The molecule has 0 atom stereocenters.